The summed E-state index contributed by atoms with van der Waals surface area (Å²) in [6, 6.07) is 8.64. The zero-order chi connectivity index (χ0) is 23.2. The first-order chi connectivity index (χ1) is 16.0. The predicted octanol–water partition coefficient (Wildman–Crippen LogP) is 3.27. The Kier molecular flexibility index (Phi) is 7.13. The third-order valence-corrected chi connectivity index (χ3v) is 6.15. The zero-order valence-electron chi connectivity index (χ0n) is 18.2. The van der Waals surface area contributed by atoms with Crippen LogP contribution in [-0.2, 0) is 9.59 Å². The number of anilines is 1. The lowest BCUT2D eigenvalue weighted by Crippen LogP contribution is -2.33. The number of ether oxygens (including phenoxy) is 1. The molecular weight excluding hydrogens is 442 g/mol. The maximum atomic E-state index is 12.3. The second kappa shape index (κ2) is 10.4. The van der Waals surface area contributed by atoms with Gasteiger partial charge in [0.1, 0.15) is 17.2 Å². The second-order valence-corrected chi connectivity index (χ2v) is 8.81. The number of carbonyl (C=O) groups is 3. The molecule has 9 nitrogen and oxygen atoms in total. The minimum atomic E-state index is -0.350. The summed E-state index contributed by atoms with van der Waals surface area (Å²) < 4.78 is 6.87. The summed E-state index contributed by atoms with van der Waals surface area (Å²) >= 11 is 1.48. The standard InChI is InChI=1S/C23H25N5O4S/c1-14(29)24-10-11-26-22(31)19-12-16(8-9-25-19)32-15-6-7-18-21(13-15)33-23(28-18)27-17-4-2-3-5-20(17)30/h6-9,12-13,17H,2-5,10-11H2,1H3,(H,24,29)(H,26,31)(H,27,28)/t17-/m1/s1. The number of ketones is 1. The van der Waals surface area contributed by atoms with Gasteiger partial charge in [-0.1, -0.05) is 17.8 Å². The molecule has 0 saturated heterocycles. The van der Waals surface area contributed by atoms with Crippen LogP contribution in [0.4, 0.5) is 5.13 Å². The molecular formula is C23H25N5O4S. The fraction of sp³-hybridized carbons (Fsp3) is 0.348. The molecule has 1 saturated carbocycles. The van der Waals surface area contributed by atoms with Gasteiger partial charge in [-0.15, -0.1) is 0 Å². The maximum absolute atomic E-state index is 12.3. The largest absolute Gasteiger partial charge is 0.457 e. The number of hydrogen-bond acceptors (Lipinski definition) is 8. The number of Topliss-reactive ketones (excluding diaryl/α,β-unsaturated/α-hetero) is 1. The van der Waals surface area contributed by atoms with E-state index in [4.69, 9.17) is 4.74 Å². The molecule has 1 aliphatic rings. The minimum Gasteiger partial charge on any atom is -0.457 e. The van der Waals surface area contributed by atoms with Gasteiger partial charge in [-0.05, 0) is 31.0 Å². The van der Waals surface area contributed by atoms with Crippen molar-refractivity contribution in [3.8, 4) is 11.5 Å². The van der Waals surface area contributed by atoms with E-state index in [1.54, 1.807) is 12.1 Å². The van der Waals surface area contributed by atoms with E-state index in [-0.39, 0.29) is 29.3 Å². The lowest BCUT2D eigenvalue weighted by molar-refractivity contribution is -0.121. The monoisotopic (exact) mass is 467 g/mol. The molecule has 1 fully saturated rings. The number of aromatic nitrogens is 2. The number of amides is 2. The molecule has 2 amide bonds. The van der Waals surface area contributed by atoms with Crippen LogP contribution in [0.1, 0.15) is 43.1 Å². The van der Waals surface area contributed by atoms with Crippen LogP contribution in [0.2, 0.25) is 0 Å². The summed E-state index contributed by atoms with van der Waals surface area (Å²) in [4.78, 5) is 43.9. The lowest BCUT2D eigenvalue weighted by Gasteiger charge is -2.20. The van der Waals surface area contributed by atoms with Gasteiger partial charge >= 0.3 is 0 Å². The van der Waals surface area contributed by atoms with Crippen molar-refractivity contribution in [1.29, 1.82) is 0 Å². The van der Waals surface area contributed by atoms with Crippen LogP contribution >= 0.6 is 11.3 Å². The molecule has 1 aromatic carbocycles. The molecule has 2 aromatic heterocycles. The Labute approximate surface area is 195 Å². The van der Waals surface area contributed by atoms with Crippen molar-refractivity contribution in [1.82, 2.24) is 20.6 Å². The Morgan fingerprint density at radius 2 is 1.94 bits per heavy atom. The normalized spacial score (nSPS) is 15.8. The van der Waals surface area contributed by atoms with Gasteiger partial charge in [0.25, 0.3) is 5.91 Å². The molecule has 0 bridgehead atoms. The Morgan fingerprint density at radius 3 is 2.76 bits per heavy atom. The number of carbonyl (C=O) groups excluding carboxylic acids is 3. The van der Waals surface area contributed by atoms with Crippen LogP contribution in [0.3, 0.4) is 0 Å². The highest BCUT2D eigenvalue weighted by Gasteiger charge is 2.23. The molecule has 0 spiro atoms. The van der Waals surface area contributed by atoms with Gasteiger partial charge in [0.15, 0.2) is 10.9 Å². The summed E-state index contributed by atoms with van der Waals surface area (Å²) in [5.41, 5.74) is 1.05. The third kappa shape index (κ3) is 6.04. The van der Waals surface area contributed by atoms with Gasteiger partial charge in [0.05, 0.1) is 16.3 Å². The van der Waals surface area contributed by atoms with Crippen LogP contribution in [0.5, 0.6) is 11.5 Å². The Morgan fingerprint density at radius 1 is 1.12 bits per heavy atom. The molecule has 1 aliphatic carbocycles. The molecule has 33 heavy (non-hydrogen) atoms. The van der Waals surface area contributed by atoms with E-state index in [0.29, 0.717) is 31.0 Å². The van der Waals surface area contributed by atoms with E-state index in [2.05, 4.69) is 25.9 Å². The number of nitrogens with one attached hydrogen (secondary N) is 3. The fourth-order valence-electron chi connectivity index (χ4n) is 3.55. The van der Waals surface area contributed by atoms with E-state index in [9.17, 15) is 14.4 Å². The van der Waals surface area contributed by atoms with Crippen LogP contribution in [0, 0.1) is 0 Å². The predicted molar refractivity (Wildman–Crippen MR) is 126 cm³/mol. The first-order valence-electron chi connectivity index (χ1n) is 10.8. The average Bonchev–Trinajstić information content (AvgIpc) is 3.20. The minimum absolute atomic E-state index is 0.152. The van der Waals surface area contributed by atoms with E-state index in [1.165, 1.54) is 24.5 Å². The first-order valence-corrected chi connectivity index (χ1v) is 11.7. The summed E-state index contributed by atoms with van der Waals surface area (Å²) in [6.07, 6.45) is 4.99. The number of hydrogen-bond donors (Lipinski definition) is 3. The third-order valence-electron chi connectivity index (χ3n) is 5.20. The van der Waals surface area contributed by atoms with Crippen LogP contribution in [0.15, 0.2) is 36.5 Å². The SMILES string of the molecule is CC(=O)NCCNC(=O)c1cc(Oc2ccc3nc(N[C@@H]4CCCCC4=O)sc3c2)ccn1. The highest BCUT2D eigenvalue weighted by Crippen LogP contribution is 2.32. The molecule has 3 N–H and O–H groups in total. The smallest absolute Gasteiger partial charge is 0.270 e. The molecule has 4 rings (SSSR count). The average molecular weight is 468 g/mol. The fourth-order valence-corrected chi connectivity index (χ4v) is 4.50. The van der Waals surface area contributed by atoms with Crippen LogP contribution in [0.25, 0.3) is 10.2 Å². The van der Waals surface area contributed by atoms with Crippen LogP contribution in [-0.4, -0.2) is 46.7 Å². The highest BCUT2D eigenvalue weighted by molar-refractivity contribution is 7.22. The van der Waals surface area contributed by atoms with Crippen LogP contribution < -0.4 is 20.7 Å². The van der Waals surface area contributed by atoms with Gasteiger partial charge < -0.3 is 20.7 Å². The quantitative estimate of drug-likeness (QED) is 0.435. The molecule has 3 aromatic rings. The van der Waals surface area contributed by atoms with Crippen molar-refractivity contribution in [2.24, 2.45) is 0 Å². The van der Waals surface area contributed by atoms with E-state index in [0.717, 1.165) is 34.6 Å². The maximum Gasteiger partial charge on any atom is 0.270 e. The summed E-state index contributed by atoms with van der Waals surface area (Å²) in [6.45, 7) is 2.07. The van der Waals surface area contributed by atoms with Crippen molar-refractivity contribution < 1.29 is 19.1 Å². The topological polar surface area (TPSA) is 122 Å². The van der Waals surface area contributed by atoms with E-state index >= 15 is 0 Å². The Bertz CT molecular complexity index is 1180. The van der Waals surface area contributed by atoms with Crippen molar-refractivity contribution in [3.05, 3.63) is 42.2 Å². The van der Waals surface area contributed by atoms with E-state index in [1.807, 2.05) is 18.2 Å². The molecule has 172 valence electrons. The molecule has 10 heteroatoms. The summed E-state index contributed by atoms with van der Waals surface area (Å²) in [5, 5.41) is 9.32. The Hall–Kier alpha value is -3.53. The van der Waals surface area contributed by atoms with Crippen molar-refractivity contribution in [2.45, 2.75) is 38.6 Å². The lowest BCUT2D eigenvalue weighted by atomic mass is 9.94. The second-order valence-electron chi connectivity index (χ2n) is 7.78. The zero-order valence-corrected chi connectivity index (χ0v) is 19.0. The number of fused-ring (bicyclic) bond motifs is 1. The van der Waals surface area contributed by atoms with Gasteiger partial charge in [-0.3, -0.25) is 19.4 Å². The van der Waals surface area contributed by atoms with E-state index < -0.39 is 0 Å². The Balaban J connectivity index is 1.40. The molecule has 0 aliphatic heterocycles. The first kappa shape index (κ1) is 22.7. The summed E-state index contributed by atoms with van der Waals surface area (Å²) in [7, 11) is 0. The van der Waals surface area contributed by atoms with Crippen molar-refractivity contribution in [2.75, 3.05) is 18.4 Å². The van der Waals surface area contributed by atoms with Gasteiger partial charge in [0.2, 0.25) is 5.91 Å². The number of rotatable bonds is 8. The molecule has 2 heterocycles. The number of thiazole rings is 1. The highest BCUT2D eigenvalue weighted by atomic mass is 32.1. The number of benzene rings is 1. The van der Waals surface area contributed by atoms with Gasteiger partial charge in [-0.25, -0.2) is 4.98 Å². The summed E-state index contributed by atoms with van der Waals surface area (Å²) in [5.74, 6) is 0.830. The van der Waals surface area contributed by atoms with Crippen molar-refractivity contribution >= 4 is 44.3 Å². The van der Waals surface area contributed by atoms with Gasteiger partial charge in [-0.2, -0.15) is 0 Å². The molecule has 0 radical (unpaired) electrons. The molecule has 0 unspecified atom stereocenters. The van der Waals surface area contributed by atoms with Crippen molar-refractivity contribution in [3.63, 3.8) is 0 Å². The molecule has 1 atom stereocenters. The number of pyridine rings is 1. The number of nitrogens with zero attached hydrogens (tertiary/aromatic N) is 2. The van der Waals surface area contributed by atoms with Gasteiger partial charge in [0, 0.05) is 44.8 Å².